The van der Waals surface area contributed by atoms with Gasteiger partial charge in [0.2, 0.25) is 0 Å². The molecule has 0 atom stereocenters. The first-order valence-corrected chi connectivity index (χ1v) is 7.21. The topological polar surface area (TPSA) is 28.7 Å². The summed E-state index contributed by atoms with van der Waals surface area (Å²) in [6.07, 6.45) is 2.08. The van der Waals surface area contributed by atoms with Gasteiger partial charge in [0.05, 0.1) is 11.6 Å². The van der Waals surface area contributed by atoms with E-state index in [0.29, 0.717) is 5.56 Å². The Morgan fingerprint density at radius 1 is 1.20 bits per heavy atom. The fourth-order valence-electron chi connectivity index (χ4n) is 2.43. The van der Waals surface area contributed by atoms with Crippen LogP contribution in [-0.4, -0.2) is 4.57 Å². The normalized spacial score (nSPS) is 10.7. The summed E-state index contributed by atoms with van der Waals surface area (Å²) >= 11 is 3.58. The molecule has 0 saturated heterocycles. The maximum absolute atomic E-state index is 8.99. The van der Waals surface area contributed by atoms with Gasteiger partial charge in [0.15, 0.2) is 0 Å². The molecule has 0 aliphatic heterocycles. The predicted octanol–water partition coefficient (Wildman–Crippen LogP) is 4.63. The van der Waals surface area contributed by atoms with Crippen molar-refractivity contribution in [1.82, 2.24) is 4.57 Å². The molecule has 0 aliphatic rings. The van der Waals surface area contributed by atoms with Gasteiger partial charge in [-0.05, 0) is 52.2 Å². The fraction of sp³-hybridized carbons (Fsp3) is 0.118. The number of benzene rings is 2. The summed E-state index contributed by atoms with van der Waals surface area (Å²) in [5.74, 6) is 0. The second kappa shape index (κ2) is 5.15. The second-order valence-electron chi connectivity index (χ2n) is 4.88. The molecular formula is C17H13BrN2. The maximum Gasteiger partial charge on any atom is 0.0991 e. The van der Waals surface area contributed by atoms with Gasteiger partial charge in [-0.2, -0.15) is 5.26 Å². The van der Waals surface area contributed by atoms with Crippen LogP contribution in [0.4, 0.5) is 0 Å². The van der Waals surface area contributed by atoms with E-state index >= 15 is 0 Å². The lowest BCUT2D eigenvalue weighted by Crippen LogP contribution is -1.99. The van der Waals surface area contributed by atoms with E-state index in [9.17, 15) is 0 Å². The van der Waals surface area contributed by atoms with Gasteiger partial charge < -0.3 is 4.57 Å². The van der Waals surface area contributed by atoms with E-state index in [4.69, 9.17) is 5.26 Å². The Morgan fingerprint density at radius 3 is 2.75 bits per heavy atom. The average Bonchev–Trinajstić information content (AvgIpc) is 2.77. The van der Waals surface area contributed by atoms with Crippen molar-refractivity contribution in [2.45, 2.75) is 13.5 Å². The molecular weight excluding hydrogens is 312 g/mol. The van der Waals surface area contributed by atoms with E-state index in [1.54, 1.807) is 0 Å². The highest BCUT2D eigenvalue weighted by atomic mass is 79.9. The van der Waals surface area contributed by atoms with Gasteiger partial charge in [0.25, 0.3) is 0 Å². The van der Waals surface area contributed by atoms with Gasteiger partial charge in [0.1, 0.15) is 0 Å². The maximum atomic E-state index is 8.99. The Hall–Kier alpha value is -2.05. The lowest BCUT2D eigenvalue weighted by Gasteiger charge is -2.08. The third kappa shape index (κ3) is 2.23. The Balaban J connectivity index is 2.09. The van der Waals surface area contributed by atoms with Crippen molar-refractivity contribution in [3.63, 3.8) is 0 Å². The molecule has 98 valence electrons. The third-order valence-electron chi connectivity index (χ3n) is 3.56. The monoisotopic (exact) mass is 324 g/mol. The summed E-state index contributed by atoms with van der Waals surface area (Å²) < 4.78 is 3.24. The predicted molar refractivity (Wildman–Crippen MR) is 84.6 cm³/mol. The highest BCUT2D eigenvalue weighted by Gasteiger charge is 2.08. The van der Waals surface area contributed by atoms with E-state index < -0.39 is 0 Å². The number of nitrogens with zero attached hydrogens (tertiary/aromatic N) is 2. The van der Waals surface area contributed by atoms with E-state index in [-0.39, 0.29) is 0 Å². The highest BCUT2D eigenvalue weighted by molar-refractivity contribution is 9.10. The standard InChI is InChI=1S/C17H13BrN2/c1-12-4-2-3-5-14(12)10-20-11-16(18)15-8-13(9-19)6-7-17(15)20/h2-8,11H,10H2,1H3. The van der Waals surface area contributed by atoms with Crippen LogP contribution in [0.5, 0.6) is 0 Å². The van der Waals surface area contributed by atoms with Crippen LogP contribution in [0.3, 0.4) is 0 Å². The molecule has 0 spiro atoms. The Morgan fingerprint density at radius 2 is 2.00 bits per heavy atom. The fourth-order valence-corrected chi connectivity index (χ4v) is 2.99. The summed E-state index contributed by atoms with van der Waals surface area (Å²) in [6.45, 7) is 2.96. The van der Waals surface area contributed by atoms with Crippen molar-refractivity contribution >= 4 is 26.8 Å². The number of hydrogen-bond acceptors (Lipinski definition) is 1. The molecule has 2 nitrogen and oxygen atoms in total. The number of halogens is 1. The number of rotatable bonds is 2. The Bertz CT molecular complexity index is 825. The van der Waals surface area contributed by atoms with E-state index in [1.807, 2.05) is 18.2 Å². The average molecular weight is 325 g/mol. The SMILES string of the molecule is Cc1ccccc1Cn1cc(Br)c2cc(C#N)ccc21. The smallest absolute Gasteiger partial charge is 0.0991 e. The summed E-state index contributed by atoms with van der Waals surface area (Å²) in [5, 5.41) is 10.1. The van der Waals surface area contributed by atoms with Crippen LogP contribution in [0.1, 0.15) is 16.7 Å². The molecule has 0 amide bonds. The molecule has 0 N–H and O–H groups in total. The zero-order valence-corrected chi connectivity index (χ0v) is 12.7. The van der Waals surface area contributed by atoms with Crippen molar-refractivity contribution in [2.75, 3.05) is 0 Å². The van der Waals surface area contributed by atoms with E-state index in [2.05, 4.69) is 64.0 Å². The van der Waals surface area contributed by atoms with Crippen molar-refractivity contribution in [3.8, 4) is 6.07 Å². The van der Waals surface area contributed by atoms with Crippen LogP contribution >= 0.6 is 15.9 Å². The molecule has 3 aromatic rings. The number of aryl methyl sites for hydroxylation is 1. The number of aromatic nitrogens is 1. The lowest BCUT2D eigenvalue weighted by molar-refractivity contribution is 0.829. The van der Waals surface area contributed by atoms with Crippen LogP contribution in [0, 0.1) is 18.3 Å². The minimum Gasteiger partial charge on any atom is -0.342 e. The summed E-state index contributed by atoms with van der Waals surface area (Å²) in [7, 11) is 0. The first kappa shape index (κ1) is 13.0. The summed E-state index contributed by atoms with van der Waals surface area (Å²) in [4.78, 5) is 0. The summed E-state index contributed by atoms with van der Waals surface area (Å²) in [5.41, 5.74) is 4.42. The molecule has 2 aromatic carbocycles. The second-order valence-corrected chi connectivity index (χ2v) is 5.73. The van der Waals surface area contributed by atoms with Gasteiger partial charge in [-0.1, -0.05) is 24.3 Å². The minimum absolute atomic E-state index is 0.687. The van der Waals surface area contributed by atoms with Crippen LogP contribution in [0.2, 0.25) is 0 Å². The molecule has 0 radical (unpaired) electrons. The highest BCUT2D eigenvalue weighted by Crippen LogP contribution is 2.28. The van der Waals surface area contributed by atoms with Gasteiger partial charge >= 0.3 is 0 Å². The first-order valence-electron chi connectivity index (χ1n) is 6.42. The molecule has 20 heavy (non-hydrogen) atoms. The summed E-state index contributed by atoms with van der Waals surface area (Å²) in [6, 6.07) is 16.4. The van der Waals surface area contributed by atoms with E-state index in [1.165, 1.54) is 11.1 Å². The molecule has 3 heteroatoms. The Kier molecular flexibility index (Phi) is 3.33. The zero-order valence-electron chi connectivity index (χ0n) is 11.1. The van der Waals surface area contributed by atoms with Gasteiger partial charge in [-0.15, -0.1) is 0 Å². The molecule has 1 heterocycles. The number of hydrogen-bond donors (Lipinski definition) is 0. The van der Waals surface area contributed by atoms with Crippen LogP contribution in [0.15, 0.2) is 53.1 Å². The van der Waals surface area contributed by atoms with Crippen molar-refractivity contribution < 1.29 is 0 Å². The van der Waals surface area contributed by atoms with Crippen LogP contribution in [0.25, 0.3) is 10.9 Å². The Labute approximate surface area is 126 Å². The minimum atomic E-state index is 0.687. The number of fused-ring (bicyclic) bond motifs is 1. The van der Waals surface area contributed by atoms with E-state index in [0.717, 1.165) is 21.9 Å². The molecule has 0 bridgehead atoms. The molecule has 1 aromatic heterocycles. The lowest BCUT2D eigenvalue weighted by atomic mass is 10.1. The van der Waals surface area contributed by atoms with Gasteiger partial charge in [-0.25, -0.2) is 0 Å². The quantitative estimate of drug-likeness (QED) is 0.675. The van der Waals surface area contributed by atoms with Crippen molar-refractivity contribution in [1.29, 1.82) is 5.26 Å². The van der Waals surface area contributed by atoms with Gasteiger partial charge in [0, 0.05) is 28.1 Å². The zero-order chi connectivity index (χ0) is 14.1. The van der Waals surface area contributed by atoms with Crippen molar-refractivity contribution in [3.05, 3.63) is 69.8 Å². The molecule has 0 fully saturated rings. The molecule has 3 rings (SSSR count). The van der Waals surface area contributed by atoms with Crippen molar-refractivity contribution in [2.24, 2.45) is 0 Å². The van der Waals surface area contributed by atoms with Crippen LogP contribution < -0.4 is 0 Å². The van der Waals surface area contributed by atoms with Gasteiger partial charge in [-0.3, -0.25) is 0 Å². The largest absolute Gasteiger partial charge is 0.342 e. The molecule has 0 unspecified atom stereocenters. The first-order chi connectivity index (χ1) is 9.69. The molecule has 0 saturated carbocycles. The molecule has 0 aliphatic carbocycles. The number of nitriles is 1. The van der Waals surface area contributed by atoms with Crippen LogP contribution in [-0.2, 0) is 6.54 Å². The third-order valence-corrected chi connectivity index (χ3v) is 4.20.